The average molecular weight is 338 g/mol. The van der Waals surface area contributed by atoms with Gasteiger partial charge in [0.1, 0.15) is 0 Å². The van der Waals surface area contributed by atoms with E-state index in [4.69, 9.17) is 0 Å². The zero-order valence-corrected chi connectivity index (χ0v) is 17.0. The van der Waals surface area contributed by atoms with Crippen molar-refractivity contribution >= 4 is 5.91 Å². The van der Waals surface area contributed by atoms with Crippen LogP contribution in [-0.2, 0) is 4.79 Å². The first-order valence-corrected chi connectivity index (χ1v) is 9.57. The van der Waals surface area contributed by atoms with Gasteiger partial charge in [-0.25, -0.2) is 0 Å². The lowest BCUT2D eigenvalue weighted by atomic mass is 9.65. The Bertz CT molecular complexity index is 456. The van der Waals surface area contributed by atoms with Crippen molar-refractivity contribution in [3.8, 4) is 0 Å². The third kappa shape index (κ3) is 5.19. The van der Waals surface area contributed by atoms with Gasteiger partial charge in [0.05, 0.1) is 6.54 Å². The second kappa shape index (κ2) is 6.95. The number of likely N-dealkylation sites (N-methyl/N-ethyl adjacent to an activating group) is 1. The van der Waals surface area contributed by atoms with Crippen molar-refractivity contribution in [3.05, 3.63) is 0 Å². The third-order valence-corrected chi connectivity index (χ3v) is 6.06. The van der Waals surface area contributed by atoms with Gasteiger partial charge in [0, 0.05) is 39.8 Å². The topological polar surface area (TPSA) is 35.6 Å². The van der Waals surface area contributed by atoms with Crippen LogP contribution in [0.15, 0.2) is 0 Å². The molecule has 2 fully saturated rings. The Labute approximate surface area is 149 Å². The highest BCUT2D eigenvalue weighted by Crippen LogP contribution is 2.45. The number of piperazine rings is 1. The van der Waals surface area contributed by atoms with Crippen LogP contribution in [0.2, 0.25) is 0 Å². The zero-order chi connectivity index (χ0) is 18.2. The molecule has 1 amide bonds. The van der Waals surface area contributed by atoms with Crippen LogP contribution in [0.5, 0.6) is 0 Å². The Morgan fingerprint density at radius 3 is 2.29 bits per heavy atom. The van der Waals surface area contributed by atoms with Gasteiger partial charge in [0.15, 0.2) is 0 Å². The second-order valence-corrected chi connectivity index (χ2v) is 10.5. The molecule has 1 atom stereocenters. The maximum Gasteiger partial charge on any atom is 0.236 e. The molecule has 0 aliphatic carbocycles. The number of nitrogens with one attached hydrogen (secondary N) is 1. The molecular weight excluding hydrogens is 298 g/mol. The van der Waals surface area contributed by atoms with Crippen LogP contribution in [-0.4, -0.2) is 62.0 Å². The van der Waals surface area contributed by atoms with Gasteiger partial charge in [-0.15, -0.1) is 0 Å². The van der Waals surface area contributed by atoms with Crippen LogP contribution >= 0.6 is 0 Å². The normalized spacial score (nSPS) is 31.2. The van der Waals surface area contributed by atoms with Crippen molar-refractivity contribution in [3.63, 3.8) is 0 Å². The fourth-order valence-corrected chi connectivity index (χ4v) is 4.78. The van der Waals surface area contributed by atoms with Crippen molar-refractivity contribution in [1.29, 1.82) is 0 Å². The van der Waals surface area contributed by atoms with Crippen LogP contribution < -0.4 is 5.32 Å². The van der Waals surface area contributed by atoms with E-state index in [1.807, 2.05) is 11.9 Å². The van der Waals surface area contributed by atoms with Gasteiger partial charge in [0.2, 0.25) is 5.91 Å². The van der Waals surface area contributed by atoms with E-state index in [-0.39, 0.29) is 11.3 Å². The highest BCUT2D eigenvalue weighted by molar-refractivity contribution is 5.78. The summed E-state index contributed by atoms with van der Waals surface area (Å²) in [7, 11) is 1.92. The van der Waals surface area contributed by atoms with Gasteiger partial charge >= 0.3 is 0 Å². The quantitative estimate of drug-likeness (QED) is 0.841. The number of carbonyl (C=O) groups excluding carboxylic acids is 1. The molecule has 0 aromatic rings. The van der Waals surface area contributed by atoms with Crippen molar-refractivity contribution in [2.45, 2.75) is 54.4 Å². The summed E-state index contributed by atoms with van der Waals surface area (Å²) in [6, 6.07) is 0. The van der Waals surface area contributed by atoms with Crippen LogP contribution in [0.25, 0.3) is 0 Å². The maximum atomic E-state index is 12.1. The average Bonchev–Trinajstić information content (AvgIpc) is 2.42. The van der Waals surface area contributed by atoms with Crippen molar-refractivity contribution < 1.29 is 4.79 Å². The number of nitrogens with zero attached hydrogens (tertiary/aromatic N) is 2. The molecule has 2 aliphatic heterocycles. The van der Waals surface area contributed by atoms with Gasteiger partial charge in [-0.3, -0.25) is 9.69 Å². The molecule has 24 heavy (non-hydrogen) atoms. The Hall–Kier alpha value is -0.610. The number of amides is 1. The van der Waals surface area contributed by atoms with E-state index in [9.17, 15) is 4.79 Å². The maximum absolute atomic E-state index is 12.1. The number of rotatable bonds is 2. The number of carbonyl (C=O) groups is 1. The summed E-state index contributed by atoms with van der Waals surface area (Å²) in [5, 5.41) is 3.71. The lowest BCUT2D eigenvalue weighted by Crippen LogP contribution is -2.51. The van der Waals surface area contributed by atoms with Gasteiger partial charge in [0.25, 0.3) is 0 Å². The first-order valence-electron chi connectivity index (χ1n) is 9.57. The van der Waals surface area contributed by atoms with E-state index in [1.165, 1.54) is 12.8 Å². The van der Waals surface area contributed by atoms with Crippen molar-refractivity contribution in [1.82, 2.24) is 15.1 Å². The molecule has 2 saturated heterocycles. The Kier molecular flexibility index (Phi) is 5.71. The molecule has 1 N–H and O–H groups in total. The van der Waals surface area contributed by atoms with Crippen LogP contribution in [0.4, 0.5) is 0 Å². The Morgan fingerprint density at radius 2 is 1.67 bits per heavy atom. The molecule has 2 rings (SSSR count). The molecule has 0 aromatic carbocycles. The summed E-state index contributed by atoms with van der Waals surface area (Å²) in [4.78, 5) is 16.3. The number of hydrogen-bond acceptors (Lipinski definition) is 3. The first kappa shape index (κ1) is 19.7. The third-order valence-electron chi connectivity index (χ3n) is 6.06. The van der Waals surface area contributed by atoms with E-state index in [0.29, 0.717) is 23.3 Å². The molecule has 140 valence electrons. The zero-order valence-electron chi connectivity index (χ0n) is 17.0. The molecule has 0 saturated carbocycles. The van der Waals surface area contributed by atoms with Crippen LogP contribution in [0.3, 0.4) is 0 Å². The van der Waals surface area contributed by atoms with Crippen molar-refractivity contribution in [2.24, 2.45) is 22.2 Å². The smallest absolute Gasteiger partial charge is 0.236 e. The van der Waals surface area contributed by atoms with Gasteiger partial charge in [-0.2, -0.15) is 0 Å². The molecule has 0 spiro atoms. The summed E-state index contributed by atoms with van der Waals surface area (Å²) in [5.74, 6) is 0.881. The van der Waals surface area contributed by atoms with Crippen molar-refractivity contribution in [2.75, 3.05) is 46.3 Å². The minimum absolute atomic E-state index is 0.267. The predicted octanol–water partition coefficient (Wildman–Crippen LogP) is 2.84. The summed E-state index contributed by atoms with van der Waals surface area (Å²) < 4.78 is 0. The Balaban J connectivity index is 2.17. The van der Waals surface area contributed by atoms with Gasteiger partial charge in [-0.1, -0.05) is 41.5 Å². The van der Waals surface area contributed by atoms with E-state index in [1.54, 1.807) is 0 Å². The first-order chi connectivity index (χ1) is 10.9. The molecule has 0 bridgehead atoms. The minimum Gasteiger partial charge on any atom is -0.343 e. The number of hydrogen-bond donors (Lipinski definition) is 1. The SMILES string of the molecule is CN1CCN(CC2CC(C)(C)CNCC(C)(C)CC2(C)C)CC1=O. The van der Waals surface area contributed by atoms with Gasteiger partial charge in [-0.05, 0) is 35.0 Å². The van der Waals surface area contributed by atoms with E-state index >= 15 is 0 Å². The molecule has 2 aliphatic rings. The van der Waals surface area contributed by atoms with E-state index < -0.39 is 0 Å². The predicted molar refractivity (Wildman–Crippen MR) is 101 cm³/mol. The monoisotopic (exact) mass is 337 g/mol. The molecule has 4 nitrogen and oxygen atoms in total. The highest BCUT2D eigenvalue weighted by Gasteiger charge is 2.40. The molecule has 0 radical (unpaired) electrons. The lowest BCUT2D eigenvalue weighted by molar-refractivity contribution is -0.135. The van der Waals surface area contributed by atoms with Crippen LogP contribution in [0.1, 0.15) is 54.4 Å². The fraction of sp³-hybridized carbons (Fsp3) is 0.950. The summed E-state index contributed by atoms with van der Waals surface area (Å²) in [5.41, 5.74) is 0.873. The second-order valence-electron chi connectivity index (χ2n) is 10.5. The van der Waals surface area contributed by atoms with E-state index in [2.05, 4.69) is 51.8 Å². The van der Waals surface area contributed by atoms with E-state index in [0.717, 1.165) is 32.7 Å². The summed E-state index contributed by atoms with van der Waals surface area (Å²) in [6.45, 7) is 20.1. The molecular formula is C20H39N3O. The van der Waals surface area contributed by atoms with Crippen LogP contribution in [0, 0.1) is 22.2 Å². The Morgan fingerprint density at radius 1 is 1.04 bits per heavy atom. The largest absolute Gasteiger partial charge is 0.343 e. The molecule has 2 heterocycles. The van der Waals surface area contributed by atoms with Gasteiger partial charge < -0.3 is 10.2 Å². The lowest BCUT2D eigenvalue weighted by Gasteiger charge is -2.44. The fourth-order valence-electron chi connectivity index (χ4n) is 4.78. The molecule has 4 heteroatoms. The minimum atomic E-state index is 0.267. The molecule has 1 unspecified atom stereocenters. The summed E-state index contributed by atoms with van der Waals surface area (Å²) >= 11 is 0. The summed E-state index contributed by atoms with van der Waals surface area (Å²) in [6.07, 6.45) is 2.43. The standard InChI is InChI=1S/C20H39N3O/c1-18(2)10-16(11-23-9-8-22(7)17(24)12-23)20(5,6)13-19(3,4)15-21-14-18/h16,21H,8-15H2,1-7H3. The molecule has 0 aromatic heterocycles. The highest BCUT2D eigenvalue weighted by atomic mass is 16.2.